The molecule has 6 nitrogen and oxygen atoms in total. The van der Waals surface area contributed by atoms with E-state index in [-0.39, 0.29) is 20.1 Å². The molecule has 2 aliphatic heterocycles. The zero-order valence-corrected chi connectivity index (χ0v) is 38.0. The predicted octanol–water partition coefficient (Wildman–Crippen LogP) is 13.0. The summed E-state index contributed by atoms with van der Waals surface area (Å²) in [6.07, 6.45) is 10.2. The number of benzene rings is 5. The van der Waals surface area contributed by atoms with Crippen LogP contribution in [0.3, 0.4) is 0 Å². The zero-order chi connectivity index (χ0) is 42.7. The first-order chi connectivity index (χ1) is 30.2. The summed E-state index contributed by atoms with van der Waals surface area (Å²) in [7, 11) is 1.58. The van der Waals surface area contributed by atoms with Gasteiger partial charge >= 0.3 is 20.1 Å². The Morgan fingerprint density at radius 1 is 0.397 bits per heavy atom. The molecule has 63 heavy (non-hydrogen) atoms. The largest absolute Gasteiger partial charge is 3.00 e. The number of hydrogen-bond donors (Lipinski definition) is 0. The summed E-state index contributed by atoms with van der Waals surface area (Å²) in [6, 6.07) is 49.8. The molecule has 0 N–H and O–H groups in total. The van der Waals surface area contributed by atoms with Gasteiger partial charge in [0.1, 0.15) is 0 Å². The summed E-state index contributed by atoms with van der Waals surface area (Å²) < 4.78 is 4.88. The Morgan fingerprint density at radius 3 is 0.905 bits per heavy atom. The minimum absolute atomic E-state index is 0. The van der Waals surface area contributed by atoms with Gasteiger partial charge in [-0.2, -0.15) is 17.7 Å². The van der Waals surface area contributed by atoms with E-state index in [1.54, 1.807) is 37.7 Å². The van der Waals surface area contributed by atoms with Crippen molar-refractivity contribution in [3.05, 3.63) is 196 Å². The van der Waals surface area contributed by atoms with Gasteiger partial charge in [0, 0.05) is 0 Å². The SMILES string of the molecule is COc1ccc([C-]=O)cc1.Cc1ccc(-c2c3nc(c(-c4ccc(C)cc4)c4ccc([n-]4)c(-c4ccc(C)cc4)c4nc(c(-c5ccc(C)cc5)c5ccc2[n-]5)C=C4)C=C3)cc1.[Ir+3]. The number of aromatic nitrogens is 4. The van der Waals surface area contributed by atoms with Gasteiger partial charge in [-0.25, -0.2) is 9.97 Å². The quantitative estimate of drug-likeness (QED) is 0.154. The van der Waals surface area contributed by atoms with E-state index in [4.69, 9.17) is 24.7 Å². The van der Waals surface area contributed by atoms with E-state index in [1.165, 1.54) is 22.3 Å². The van der Waals surface area contributed by atoms with Crippen LogP contribution in [0.25, 0.3) is 90.9 Å². The summed E-state index contributed by atoms with van der Waals surface area (Å²) in [4.78, 5) is 31.5. The number of rotatable bonds is 6. The van der Waals surface area contributed by atoms with E-state index in [0.29, 0.717) is 5.56 Å². The Kier molecular flexibility index (Phi) is 12.4. The standard InChI is InChI=1S/C48H36N4.C8H7O2.Ir/c1-29-5-13-33(14-6-29)45-37-21-23-39(49-37)46(34-15-7-30(2)8-16-34)41-25-27-43(51-41)48(36-19-11-32(4)12-20-36)44-28-26-42(52-44)47(40-24-22-38(45)50-40)35-17-9-31(3)10-18-35;1-10-8-4-2-7(6-9)3-5-8;/h5-28H,1-4H3;2-5H,1H3;/q-2;-1;+3. The fraction of sp³-hybridized carbons (Fsp3) is 0.0893. The number of hydrogen-bond acceptors (Lipinski definition) is 4. The van der Waals surface area contributed by atoms with Crippen molar-refractivity contribution < 1.29 is 29.6 Å². The molecule has 8 aromatic rings. The van der Waals surface area contributed by atoms with E-state index < -0.39 is 0 Å². The van der Waals surface area contributed by atoms with Crippen molar-refractivity contribution in [2.75, 3.05) is 7.11 Å². The van der Waals surface area contributed by atoms with Crippen molar-refractivity contribution in [2.45, 2.75) is 27.7 Å². The molecule has 7 heteroatoms. The van der Waals surface area contributed by atoms with E-state index in [2.05, 4.69) is 173 Å². The van der Waals surface area contributed by atoms with Crippen molar-refractivity contribution >= 4 is 52.7 Å². The van der Waals surface area contributed by atoms with Crippen LogP contribution in [0.5, 0.6) is 5.75 Å². The van der Waals surface area contributed by atoms with Gasteiger partial charge in [-0.3, -0.25) is 0 Å². The average Bonchev–Trinajstić information content (AvgIpc) is 4.15. The molecule has 3 aromatic heterocycles. The molecular formula is C56H43IrN4O2. The number of nitrogens with zero attached hydrogens (tertiary/aromatic N) is 4. The molecule has 0 saturated carbocycles. The second-order valence-electron chi connectivity index (χ2n) is 15.7. The molecule has 0 unspecified atom stereocenters. The van der Waals surface area contributed by atoms with Crippen LogP contribution < -0.4 is 14.7 Å². The topological polar surface area (TPSA) is 80.3 Å². The Morgan fingerprint density at radius 2 is 0.667 bits per heavy atom. The van der Waals surface area contributed by atoms with Crippen LogP contribution in [-0.2, 0) is 24.9 Å². The maximum atomic E-state index is 10.0. The third kappa shape index (κ3) is 8.94. The molecule has 0 atom stereocenters. The van der Waals surface area contributed by atoms with Gasteiger partial charge in [-0.1, -0.05) is 156 Å². The van der Waals surface area contributed by atoms with Crippen molar-refractivity contribution in [1.82, 2.24) is 19.9 Å². The molecule has 0 fully saturated rings. The fourth-order valence-corrected chi connectivity index (χ4v) is 7.81. The minimum Gasteiger partial charge on any atom is -0.657 e. The van der Waals surface area contributed by atoms with Gasteiger partial charge in [0.05, 0.1) is 41.9 Å². The smallest absolute Gasteiger partial charge is 0.657 e. The molecule has 0 spiro atoms. The van der Waals surface area contributed by atoms with Gasteiger partial charge in [0.2, 0.25) is 0 Å². The van der Waals surface area contributed by atoms with E-state index >= 15 is 0 Å². The number of ether oxygens (including phenoxy) is 1. The minimum atomic E-state index is 0. The van der Waals surface area contributed by atoms with E-state index in [9.17, 15) is 4.79 Å². The molecule has 308 valence electrons. The fourth-order valence-electron chi connectivity index (χ4n) is 7.81. The van der Waals surface area contributed by atoms with Crippen LogP contribution in [0.15, 0.2) is 146 Å². The Hall–Kier alpha value is -7.18. The van der Waals surface area contributed by atoms with Gasteiger partial charge in [0.25, 0.3) is 0 Å². The number of carbonyl (C=O) groups excluding carboxylic acids is 1. The molecule has 10 rings (SSSR count). The molecule has 5 heterocycles. The van der Waals surface area contributed by atoms with Gasteiger partial charge in [-0.05, 0) is 96.5 Å². The van der Waals surface area contributed by atoms with Crippen LogP contribution in [0, 0.1) is 27.7 Å². The van der Waals surface area contributed by atoms with Crippen molar-refractivity contribution in [1.29, 1.82) is 0 Å². The summed E-state index contributed by atoms with van der Waals surface area (Å²) in [5.41, 5.74) is 20.5. The average molecular weight is 996 g/mol. The van der Waals surface area contributed by atoms with Crippen LogP contribution in [0.4, 0.5) is 0 Å². The van der Waals surface area contributed by atoms with Crippen LogP contribution >= 0.6 is 0 Å². The summed E-state index contributed by atoms with van der Waals surface area (Å²) in [6.45, 7) is 8.45. The van der Waals surface area contributed by atoms with Crippen molar-refractivity contribution in [3.63, 3.8) is 0 Å². The normalized spacial score (nSPS) is 11.4. The molecule has 0 saturated heterocycles. The number of aryl methyl sites for hydroxylation is 4. The summed E-state index contributed by atoms with van der Waals surface area (Å²) in [5, 5.41) is 0. The van der Waals surface area contributed by atoms with Crippen molar-refractivity contribution in [2.24, 2.45) is 0 Å². The maximum absolute atomic E-state index is 10.0. The zero-order valence-electron chi connectivity index (χ0n) is 35.6. The second-order valence-corrected chi connectivity index (χ2v) is 15.7. The molecule has 0 aliphatic carbocycles. The van der Waals surface area contributed by atoms with E-state index in [1.807, 2.05) is 0 Å². The monoisotopic (exact) mass is 996 g/mol. The summed E-state index contributed by atoms with van der Waals surface area (Å²) >= 11 is 0. The molecule has 0 radical (unpaired) electrons. The molecule has 0 amide bonds. The summed E-state index contributed by atoms with van der Waals surface area (Å²) in [5.74, 6) is 0.749. The van der Waals surface area contributed by atoms with Crippen LogP contribution in [0.2, 0.25) is 0 Å². The second kappa shape index (κ2) is 18.4. The third-order valence-corrected chi connectivity index (χ3v) is 11.2. The first-order valence-electron chi connectivity index (χ1n) is 20.6. The van der Waals surface area contributed by atoms with E-state index in [0.717, 1.165) is 95.1 Å². The molecule has 2 aliphatic rings. The van der Waals surface area contributed by atoms with Gasteiger partial charge in [0.15, 0.2) is 0 Å². The predicted molar refractivity (Wildman–Crippen MR) is 255 cm³/mol. The number of methoxy groups -OCH3 is 1. The van der Waals surface area contributed by atoms with Crippen LogP contribution in [0.1, 0.15) is 50.6 Å². The molecular weight excluding hydrogens is 953 g/mol. The van der Waals surface area contributed by atoms with Gasteiger partial charge in [-0.15, -0.1) is 22.1 Å². The number of fused-ring (bicyclic) bond motifs is 8. The maximum Gasteiger partial charge on any atom is 3.00 e. The third-order valence-electron chi connectivity index (χ3n) is 11.2. The van der Waals surface area contributed by atoms with Crippen molar-refractivity contribution in [3.8, 4) is 50.3 Å². The Labute approximate surface area is 381 Å². The van der Waals surface area contributed by atoms with Crippen LogP contribution in [-0.4, -0.2) is 23.4 Å². The Bertz CT molecular complexity index is 2800. The first kappa shape index (κ1) is 42.5. The molecule has 5 aromatic carbocycles. The van der Waals surface area contributed by atoms with Gasteiger partial charge < -0.3 is 19.5 Å². The molecule has 8 bridgehead atoms. The first-order valence-corrected chi connectivity index (χ1v) is 20.6. The Balaban J connectivity index is 0.000000439.